The summed E-state index contributed by atoms with van der Waals surface area (Å²) in [6.07, 6.45) is 3.25. The van der Waals surface area contributed by atoms with E-state index in [1.165, 1.54) is 33.4 Å². The number of hydrogen-bond acceptors (Lipinski definition) is 10. The molecule has 0 aliphatic rings. The topological polar surface area (TPSA) is 181 Å². The maximum absolute atomic E-state index is 13.6. The molecule has 2 rings (SSSR count). The first-order chi connectivity index (χ1) is 16.4. The highest BCUT2D eigenvalue weighted by molar-refractivity contribution is 7.56. The quantitative estimate of drug-likeness (QED) is 0.180. The lowest BCUT2D eigenvalue weighted by molar-refractivity contribution is -0.151. The van der Waals surface area contributed by atoms with Gasteiger partial charge >= 0.3 is 11.9 Å². The molecule has 3 atom stereocenters. The van der Waals surface area contributed by atoms with Gasteiger partial charge in [-0.25, -0.2) is 24.8 Å². The predicted molar refractivity (Wildman–Crippen MR) is 129 cm³/mol. The Hall–Kier alpha value is -2.60. The zero-order valence-electron chi connectivity index (χ0n) is 20.8. The number of nitrogens with one attached hydrogen (secondary N) is 1. The van der Waals surface area contributed by atoms with Crippen molar-refractivity contribution in [2.24, 2.45) is 0 Å². The molecule has 2 aromatic rings. The summed E-state index contributed by atoms with van der Waals surface area (Å²) in [5, 5.41) is 12.0. The first-order valence-electron chi connectivity index (χ1n) is 11.4. The Labute approximate surface area is 204 Å². The van der Waals surface area contributed by atoms with Gasteiger partial charge in [0.2, 0.25) is 0 Å². The van der Waals surface area contributed by atoms with E-state index in [-0.39, 0.29) is 19.0 Å². The monoisotopic (exact) mass is 514 g/mol. The van der Waals surface area contributed by atoms with E-state index in [1.54, 1.807) is 11.5 Å². The molecule has 4 N–H and O–H groups in total. The van der Waals surface area contributed by atoms with Crippen LogP contribution in [0.25, 0.3) is 11.2 Å². The van der Waals surface area contributed by atoms with Crippen LogP contribution in [-0.2, 0) is 34.7 Å². The van der Waals surface area contributed by atoms with Crippen molar-refractivity contribution in [2.45, 2.75) is 78.2 Å². The van der Waals surface area contributed by atoms with E-state index in [2.05, 4.69) is 20.0 Å². The third-order valence-electron chi connectivity index (χ3n) is 5.05. The second kappa shape index (κ2) is 12.4. The molecule has 0 saturated heterocycles. The summed E-state index contributed by atoms with van der Waals surface area (Å²) in [7, 11) is -3.97. The van der Waals surface area contributed by atoms with Crippen molar-refractivity contribution in [2.75, 3.05) is 18.7 Å². The molecule has 0 aromatic carbocycles. The van der Waals surface area contributed by atoms with E-state index in [0.29, 0.717) is 17.6 Å². The summed E-state index contributed by atoms with van der Waals surface area (Å²) >= 11 is 0. The largest absolute Gasteiger partial charge is 0.480 e. The molecule has 0 bridgehead atoms. The lowest BCUT2D eigenvalue weighted by Gasteiger charge is -2.30. The molecule has 35 heavy (non-hydrogen) atoms. The van der Waals surface area contributed by atoms with Gasteiger partial charge in [0.25, 0.3) is 7.52 Å². The van der Waals surface area contributed by atoms with Crippen molar-refractivity contribution in [1.82, 2.24) is 24.6 Å². The van der Waals surface area contributed by atoms with Crippen LogP contribution in [-0.4, -0.2) is 67.3 Å². The average Bonchev–Trinajstić information content (AvgIpc) is 3.18. The van der Waals surface area contributed by atoms with Gasteiger partial charge in [-0.05, 0) is 34.1 Å². The van der Waals surface area contributed by atoms with E-state index in [4.69, 9.17) is 19.7 Å². The number of carbonyl (C=O) groups excluding carboxylic acids is 1. The van der Waals surface area contributed by atoms with Crippen molar-refractivity contribution in [3.05, 3.63) is 12.7 Å². The number of unbranched alkanes of at least 4 members (excludes halogenated alkanes) is 2. The number of fused-ring (bicyclic) bond motifs is 1. The van der Waals surface area contributed by atoms with Crippen molar-refractivity contribution < 1.29 is 33.3 Å². The summed E-state index contributed by atoms with van der Waals surface area (Å²) < 4.78 is 31.8. The number of nitrogens with two attached hydrogens (primary N) is 1. The summed E-state index contributed by atoms with van der Waals surface area (Å²) in [5.41, 5.74) is 5.16. The fraction of sp³-hybridized carbons (Fsp3) is 0.667. The molecular weight excluding hydrogens is 479 g/mol. The van der Waals surface area contributed by atoms with Crippen LogP contribution in [0, 0.1) is 0 Å². The molecule has 2 aromatic heterocycles. The Kier molecular flexibility index (Phi) is 10.1. The number of rotatable bonds is 15. The van der Waals surface area contributed by atoms with Crippen molar-refractivity contribution in [1.29, 1.82) is 0 Å². The molecule has 0 fully saturated rings. The van der Waals surface area contributed by atoms with Crippen LogP contribution in [0.4, 0.5) is 5.82 Å². The SMILES string of the molecule is CCCCCOC(=O)C(C)OP(=O)(COC(C)Cn1cnc2c(N)ncnc21)NC(C)(C)C(=O)O. The minimum absolute atomic E-state index is 0.221. The minimum Gasteiger partial charge on any atom is -0.480 e. The summed E-state index contributed by atoms with van der Waals surface area (Å²) in [4.78, 5) is 36.2. The van der Waals surface area contributed by atoms with Crippen LogP contribution in [0.2, 0.25) is 0 Å². The van der Waals surface area contributed by atoms with Gasteiger partial charge in [0.15, 0.2) is 17.6 Å². The van der Waals surface area contributed by atoms with Gasteiger partial charge in [-0.1, -0.05) is 19.8 Å². The third kappa shape index (κ3) is 8.24. The fourth-order valence-corrected chi connectivity index (χ4v) is 5.26. The predicted octanol–water partition coefficient (Wildman–Crippen LogP) is 2.56. The summed E-state index contributed by atoms with van der Waals surface area (Å²) in [6, 6.07) is 0. The van der Waals surface area contributed by atoms with Gasteiger partial charge < -0.3 is 29.4 Å². The highest BCUT2D eigenvalue weighted by atomic mass is 31.2. The second-order valence-corrected chi connectivity index (χ2v) is 10.8. The van der Waals surface area contributed by atoms with E-state index >= 15 is 0 Å². The van der Waals surface area contributed by atoms with E-state index < -0.39 is 43.6 Å². The molecular formula is C21H35N6O7P. The number of carboxylic acid groups (broad SMARTS) is 1. The number of ether oxygens (including phenoxy) is 2. The number of esters is 1. The number of carboxylic acids is 1. The molecule has 2 heterocycles. The maximum Gasteiger partial charge on any atom is 0.335 e. The van der Waals surface area contributed by atoms with Crippen molar-refractivity contribution in [3.8, 4) is 0 Å². The number of carbonyl (C=O) groups is 2. The first-order valence-corrected chi connectivity index (χ1v) is 13.2. The van der Waals surface area contributed by atoms with Gasteiger partial charge in [-0.2, -0.15) is 0 Å². The van der Waals surface area contributed by atoms with Crippen LogP contribution in [0.5, 0.6) is 0 Å². The number of nitrogens with zero attached hydrogens (tertiary/aromatic N) is 4. The van der Waals surface area contributed by atoms with Crippen molar-refractivity contribution >= 4 is 36.4 Å². The Bertz CT molecular complexity index is 1060. The fourth-order valence-electron chi connectivity index (χ4n) is 3.09. The van der Waals surface area contributed by atoms with Crippen LogP contribution >= 0.6 is 7.52 Å². The third-order valence-corrected chi connectivity index (χ3v) is 7.09. The number of nitrogen functional groups attached to an aromatic ring is 1. The van der Waals surface area contributed by atoms with Crippen molar-refractivity contribution in [3.63, 3.8) is 0 Å². The molecule has 0 spiro atoms. The second-order valence-electron chi connectivity index (χ2n) is 8.77. The van der Waals surface area contributed by atoms with Crippen LogP contribution in [0.1, 0.15) is 53.9 Å². The summed E-state index contributed by atoms with van der Waals surface area (Å²) in [5.74, 6) is -1.69. The number of hydrogen-bond donors (Lipinski definition) is 3. The Morgan fingerprint density at radius 2 is 1.97 bits per heavy atom. The lowest BCUT2D eigenvalue weighted by Crippen LogP contribution is -2.46. The van der Waals surface area contributed by atoms with E-state index in [1.807, 2.05) is 6.92 Å². The molecule has 0 radical (unpaired) electrons. The van der Waals surface area contributed by atoms with Gasteiger partial charge in [-0.3, -0.25) is 9.36 Å². The van der Waals surface area contributed by atoms with Gasteiger partial charge in [0.1, 0.15) is 23.7 Å². The molecule has 0 amide bonds. The zero-order valence-corrected chi connectivity index (χ0v) is 21.7. The van der Waals surface area contributed by atoms with E-state index in [9.17, 15) is 19.3 Å². The minimum atomic E-state index is -3.97. The Morgan fingerprint density at radius 1 is 1.26 bits per heavy atom. The lowest BCUT2D eigenvalue weighted by atomic mass is 10.1. The van der Waals surface area contributed by atoms with Crippen LogP contribution in [0.15, 0.2) is 12.7 Å². The smallest absolute Gasteiger partial charge is 0.335 e. The van der Waals surface area contributed by atoms with Gasteiger partial charge in [0.05, 0.1) is 25.6 Å². The molecule has 13 nitrogen and oxygen atoms in total. The highest BCUT2D eigenvalue weighted by Gasteiger charge is 2.39. The summed E-state index contributed by atoms with van der Waals surface area (Å²) in [6.45, 7) is 8.33. The van der Waals surface area contributed by atoms with Gasteiger partial charge in [0, 0.05) is 0 Å². The molecule has 0 saturated carbocycles. The van der Waals surface area contributed by atoms with E-state index in [0.717, 1.165) is 12.8 Å². The molecule has 0 aliphatic carbocycles. The number of aromatic nitrogens is 4. The number of aliphatic carboxylic acids is 1. The number of anilines is 1. The van der Waals surface area contributed by atoms with Crippen LogP contribution < -0.4 is 10.8 Å². The Balaban J connectivity index is 2.08. The van der Waals surface area contributed by atoms with Gasteiger partial charge in [-0.15, -0.1) is 0 Å². The highest BCUT2D eigenvalue weighted by Crippen LogP contribution is 2.46. The number of imidazole rings is 1. The first kappa shape index (κ1) is 28.6. The molecule has 0 aliphatic heterocycles. The molecule has 196 valence electrons. The van der Waals surface area contributed by atoms with Crippen LogP contribution in [0.3, 0.4) is 0 Å². The average molecular weight is 515 g/mol. The Morgan fingerprint density at radius 3 is 2.63 bits per heavy atom. The maximum atomic E-state index is 13.6. The normalized spacial score (nSPS) is 15.5. The standard InChI is InChI=1S/C21H35N6O7P/c1-6-7-8-9-32-19(28)15(3)34-35(31,26-21(4,5)20(29)30)13-33-14(2)10-27-12-25-16-17(22)23-11-24-18(16)27/h11-12,14-15H,6-10,13H2,1-5H3,(H,26,31)(H,29,30)(H2,22,23,24). The zero-order chi connectivity index (χ0) is 26.2. The molecule has 14 heteroatoms. The molecule has 3 unspecified atom stereocenters.